The van der Waals surface area contributed by atoms with Crippen LogP contribution in [0.2, 0.25) is 0 Å². The van der Waals surface area contributed by atoms with Crippen LogP contribution in [0.15, 0.2) is 36.5 Å². The van der Waals surface area contributed by atoms with Gasteiger partial charge in [-0.15, -0.1) is 0 Å². The van der Waals surface area contributed by atoms with Crippen molar-refractivity contribution in [1.29, 1.82) is 0 Å². The maximum absolute atomic E-state index is 13.8. The molecule has 5 nitrogen and oxygen atoms in total. The standard InChI is InChI=1S/C15H15FN2O3/c1-21-11-4-2-10(3-5-11)6-8-17-14-13(16)12(15(19)20)7-9-18-14/h2-5,7,9H,6,8H2,1H3,(H,17,18)(H,19,20). The summed E-state index contributed by atoms with van der Waals surface area (Å²) in [6.45, 7) is 0.444. The zero-order valence-corrected chi connectivity index (χ0v) is 11.5. The number of aromatic nitrogens is 1. The quantitative estimate of drug-likeness (QED) is 0.855. The second kappa shape index (κ2) is 6.69. The number of methoxy groups -OCH3 is 1. The van der Waals surface area contributed by atoms with Gasteiger partial charge in [0.15, 0.2) is 11.6 Å². The van der Waals surface area contributed by atoms with Crippen LogP contribution in [0, 0.1) is 5.82 Å². The Labute approximate surface area is 121 Å². The average molecular weight is 290 g/mol. The third-order valence-electron chi connectivity index (χ3n) is 2.98. The van der Waals surface area contributed by atoms with Crippen molar-refractivity contribution in [1.82, 2.24) is 4.98 Å². The van der Waals surface area contributed by atoms with Crippen LogP contribution in [-0.2, 0) is 6.42 Å². The molecular weight excluding hydrogens is 275 g/mol. The molecule has 1 aromatic heterocycles. The van der Waals surface area contributed by atoms with Crippen LogP contribution in [0.5, 0.6) is 5.75 Å². The van der Waals surface area contributed by atoms with Gasteiger partial charge >= 0.3 is 5.97 Å². The molecule has 21 heavy (non-hydrogen) atoms. The highest BCUT2D eigenvalue weighted by Crippen LogP contribution is 2.16. The number of carbonyl (C=O) groups is 1. The Balaban J connectivity index is 1.97. The van der Waals surface area contributed by atoms with Gasteiger partial charge in [-0.3, -0.25) is 0 Å². The lowest BCUT2D eigenvalue weighted by atomic mass is 10.1. The van der Waals surface area contributed by atoms with E-state index >= 15 is 0 Å². The summed E-state index contributed by atoms with van der Waals surface area (Å²) in [5.74, 6) is -1.44. The fourth-order valence-electron chi connectivity index (χ4n) is 1.85. The van der Waals surface area contributed by atoms with E-state index in [0.717, 1.165) is 17.4 Å². The second-order valence-corrected chi connectivity index (χ2v) is 4.35. The zero-order valence-electron chi connectivity index (χ0n) is 11.5. The van der Waals surface area contributed by atoms with E-state index in [1.54, 1.807) is 7.11 Å². The van der Waals surface area contributed by atoms with E-state index in [2.05, 4.69) is 10.3 Å². The van der Waals surface area contributed by atoms with Gasteiger partial charge in [0.05, 0.1) is 7.11 Å². The first-order chi connectivity index (χ1) is 10.1. The van der Waals surface area contributed by atoms with Crippen LogP contribution < -0.4 is 10.1 Å². The van der Waals surface area contributed by atoms with Crippen LogP contribution in [-0.4, -0.2) is 29.7 Å². The minimum atomic E-state index is -1.31. The number of anilines is 1. The van der Waals surface area contributed by atoms with Gasteiger partial charge in [0.1, 0.15) is 11.3 Å². The van der Waals surface area contributed by atoms with Gasteiger partial charge < -0.3 is 15.2 Å². The average Bonchev–Trinajstić information content (AvgIpc) is 2.49. The fourth-order valence-corrected chi connectivity index (χ4v) is 1.85. The van der Waals surface area contributed by atoms with E-state index in [9.17, 15) is 9.18 Å². The van der Waals surface area contributed by atoms with Crippen molar-refractivity contribution in [2.45, 2.75) is 6.42 Å². The van der Waals surface area contributed by atoms with Crippen molar-refractivity contribution in [3.05, 3.63) is 53.5 Å². The van der Waals surface area contributed by atoms with Gasteiger partial charge in [-0.2, -0.15) is 0 Å². The van der Waals surface area contributed by atoms with Gasteiger partial charge in [0, 0.05) is 12.7 Å². The number of nitrogens with zero attached hydrogens (tertiary/aromatic N) is 1. The molecule has 2 rings (SSSR count). The number of rotatable bonds is 6. The first-order valence-electron chi connectivity index (χ1n) is 6.36. The normalized spacial score (nSPS) is 10.2. The number of carboxylic acid groups (broad SMARTS) is 1. The lowest BCUT2D eigenvalue weighted by molar-refractivity contribution is 0.0692. The van der Waals surface area contributed by atoms with Gasteiger partial charge in [-0.25, -0.2) is 14.2 Å². The van der Waals surface area contributed by atoms with Crippen molar-refractivity contribution in [2.75, 3.05) is 19.0 Å². The summed E-state index contributed by atoms with van der Waals surface area (Å²) in [7, 11) is 1.60. The third-order valence-corrected chi connectivity index (χ3v) is 2.98. The van der Waals surface area contributed by atoms with E-state index in [1.807, 2.05) is 24.3 Å². The molecule has 0 aliphatic rings. The summed E-state index contributed by atoms with van der Waals surface area (Å²) in [5, 5.41) is 11.6. The first-order valence-corrected chi connectivity index (χ1v) is 6.36. The SMILES string of the molecule is COc1ccc(CCNc2nccc(C(=O)O)c2F)cc1. The topological polar surface area (TPSA) is 71.5 Å². The Hall–Kier alpha value is -2.63. The summed E-state index contributed by atoms with van der Waals surface area (Å²) in [6, 6.07) is 8.65. The lowest BCUT2D eigenvalue weighted by Gasteiger charge is -2.08. The van der Waals surface area contributed by atoms with Crippen molar-refractivity contribution >= 4 is 11.8 Å². The van der Waals surface area contributed by atoms with Gasteiger partial charge in [-0.05, 0) is 30.2 Å². The largest absolute Gasteiger partial charge is 0.497 e. The molecule has 0 saturated carbocycles. The maximum atomic E-state index is 13.8. The Bertz CT molecular complexity index is 629. The summed E-state index contributed by atoms with van der Waals surface area (Å²) in [4.78, 5) is 14.6. The van der Waals surface area contributed by atoms with Gasteiger partial charge in [-0.1, -0.05) is 12.1 Å². The Kier molecular flexibility index (Phi) is 4.71. The number of hydrogen-bond donors (Lipinski definition) is 2. The molecule has 110 valence electrons. The second-order valence-electron chi connectivity index (χ2n) is 4.35. The summed E-state index contributed by atoms with van der Waals surface area (Å²) >= 11 is 0. The van der Waals surface area contributed by atoms with E-state index in [1.165, 1.54) is 6.20 Å². The molecule has 0 radical (unpaired) electrons. The van der Waals surface area contributed by atoms with Crippen LogP contribution in [0.1, 0.15) is 15.9 Å². The Morgan fingerprint density at radius 1 is 1.33 bits per heavy atom. The highest BCUT2D eigenvalue weighted by molar-refractivity contribution is 5.88. The molecule has 0 aliphatic heterocycles. The van der Waals surface area contributed by atoms with Gasteiger partial charge in [0.2, 0.25) is 0 Å². The molecule has 0 spiro atoms. The molecule has 0 aliphatic carbocycles. The van der Waals surface area contributed by atoms with E-state index in [4.69, 9.17) is 9.84 Å². The predicted molar refractivity (Wildman–Crippen MR) is 76.3 cm³/mol. The molecule has 1 aromatic carbocycles. The zero-order chi connectivity index (χ0) is 15.2. The number of benzene rings is 1. The fraction of sp³-hybridized carbons (Fsp3) is 0.200. The summed E-state index contributed by atoms with van der Waals surface area (Å²) in [5.41, 5.74) is 0.662. The number of carboxylic acids is 1. The van der Waals surface area contributed by atoms with Crippen LogP contribution in [0.3, 0.4) is 0 Å². The Morgan fingerprint density at radius 3 is 2.67 bits per heavy atom. The first kappa shape index (κ1) is 14.8. The molecule has 1 heterocycles. The predicted octanol–water partition coefficient (Wildman–Crippen LogP) is 2.58. The molecule has 0 amide bonds. The number of pyridine rings is 1. The van der Waals surface area contributed by atoms with E-state index < -0.39 is 17.3 Å². The van der Waals surface area contributed by atoms with Crippen LogP contribution in [0.4, 0.5) is 10.2 Å². The van der Waals surface area contributed by atoms with E-state index in [-0.39, 0.29) is 5.82 Å². The summed E-state index contributed by atoms with van der Waals surface area (Å²) < 4.78 is 18.9. The molecule has 0 unspecified atom stereocenters. The molecule has 2 N–H and O–H groups in total. The number of ether oxygens (including phenoxy) is 1. The Morgan fingerprint density at radius 2 is 2.05 bits per heavy atom. The van der Waals surface area contributed by atoms with Crippen LogP contribution in [0.25, 0.3) is 0 Å². The third kappa shape index (κ3) is 3.68. The molecule has 0 fully saturated rings. The molecule has 2 aromatic rings. The number of halogens is 1. The van der Waals surface area contributed by atoms with E-state index in [0.29, 0.717) is 13.0 Å². The monoisotopic (exact) mass is 290 g/mol. The molecule has 0 saturated heterocycles. The lowest BCUT2D eigenvalue weighted by Crippen LogP contribution is -2.11. The van der Waals surface area contributed by atoms with Crippen molar-refractivity contribution in [2.24, 2.45) is 0 Å². The number of nitrogens with one attached hydrogen (secondary N) is 1. The highest BCUT2D eigenvalue weighted by Gasteiger charge is 2.14. The van der Waals surface area contributed by atoms with Crippen LogP contribution >= 0.6 is 0 Å². The van der Waals surface area contributed by atoms with Crippen molar-refractivity contribution in [3.63, 3.8) is 0 Å². The van der Waals surface area contributed by atoms with Gasteiger partial charge in [0.25, 0.3) is 0 Å². The molecule has 6 heteroatoms. The number of aromatic carboxylic acids is 1. The minimum Gasteiger partial charge on any atom is -0.497 e. The smallest absolute Gasteiger partial charge is 0.338 e. The van der Waals surface area contributed by atoms with Crippen molar-refractivity contribution < 1.29 is 19.0 Å². The van der Waals surface area contributed by atoms with Crippen molar-refractivity contribution in [3.8, 4) is 5.75 Å². The molecular formula is C15H15FN2O3. The highest BCUT2D eigenvalue weighted by atomic mass is 19.1. The minimum absolute atomic E-state index is 0.0524. The summed E-state index contributed by atoms with van der Waals surface area (Å²) in [6.07, 6.45) is 1.92. The molecule has 0 bridgehead atoms. The number of hydrogen-bond acceptors (Lipinski definition) is 4. The molecule has 0 atom stereocenters. The maximum Gasteiger partial charge on any atom is 0.338 e.